The van der Waals surface area contributed by atoms with Crippen LogP contribution in [0, 0.1) is 0 Å². The van der Waals surface area contributed by atoms with Crippen molar-refractivity contribution in [2.45, 2.75) is 51.5 Å². The Morgan fingerprint density at radius 1 is 1.21 bits per heavy atom. The monoisotopic (exact) mass is 330 g/mol. The average molecular weight is 331 g/mol. The highest BCUT2D eigenvalue weighted by Crippen LogP contribution is 2.18. The highest BCUT2D eigenvalue weighted by molar-refractivity contribution is 5.80. The number of hydrogen-bond donors (Lipinski definition) is 2. The first kappa shape index (κ1) is 18.8. The molecule has 4 heteroatoms. The zero-order chi connectivity index (χ0) is 17.2. The van der Waals surface area contributed by atoms with Crippen LogP contribution in [-0.4, -0.2) is 50.1 Å². The van der Waals surface area contributed by atoms with Gasteiger partial charge in [0, 0.05) is 38.6 Å². The summed E-state index contributed by atoms with van der Waals surface area (Å²) in [6.07, 6.45) is 4.79. The fraction of sp³-hybridized carbons (Fsp3) is 0.650. The lowest BCUT2D eigenvalue weighted by Gasteiger charge is -2.33. The van der Waals surface area contributed by atoms with E-state index in [1.165, 1.54) is 44.5 Å². The second-order valence-electron chi connectivity index (χ2n) is 6.73. The molecule has 2 N–H and O–H groups in total. The van der Waals surface area contributed by atoms with Gasteiger partial charge in [-0.3, -0.25) is 4.99 Å². The topological polar surface area (TPSA) is 39.7 Å². The minimum Gasteiger partial charge on any atom is -0.356 e. The molecule has 0 bridgehead atoms. The van der Waals surface area contributed by atoms with Crippen LogP contribution < -0.4 is 10.6 Å². The van der Waals surface area contributed by atoms with Gasteiger partial charge in [-0.2, -0.15) is 0 Å². The molecule has 1 aliphatic heterocycles. The third kappa shape index (κ3) is 5.82. The molecule has 1 fully saturated rings. The van der Waals surface area contributed by atoms with Crippen LogP contribution in [-0.2, 0) is 0 Å². The number of rotatable bonds is 7. The standard InChI is InChI=1S/C20H34N4/c1-4-13-24-14-11-19(12-15-24)23-20(21-3)22-16-17(5-2)18-9-7-6-8-10-18/h6-10,17,19H,4-5,11-16H2,1-3H3,(H2,21,22,23). The Morgan fingerprint density at radius 3 is 2.50 bits per heavy atom. The largest absolute Gasteiger partial charge is 0.356 e. The second kappa shape index (κ2) is 10.3. The van der Waals surface area contributed by atoms with Gasteiger partial charge in [0.05, 0.1) is 0 Å². The maximum absolute atomic E-state index is 4.42. The molecule has 0 radical (unpaired) electrons. The number of aliphatic imine (C=N–C) groups is 1. The van der Waals surface area contributed by atoms with E-state index < -0.39 is 0 Å². The van der Waals surface area contributed by atoms with Crippen LogP contribution in [0.1, 0.15) is 51.0 Å². The molecule has 24 heavy (non-hydrogen) atoms. The first-order chi connectivity index (χ1) is 11.8. The van der Waals surface area contributed by atoms with E-state index in [0.29, 0.717) is 12.0 Å². The molecule has 134 valence electrons. The number of likely N-dealkylation sites (tertiary alicyclic amines) is 1. The quantitative estimate of drug-likeness (QED) is 0.596. The molecule has 2 rings (SSSR count). The van der Waals surface area contributed by atoms with Gasteiger partial charge >= 0.3 is 0 Å². The Labute approximate surface area is 147 Å². The average Bonchev–Trinajstić information content (AvgIpc) is 2.64. The molecule has 0 aliphatic carbocycles. The lowest BCUT2D eigenvalue weighted by molar-refractivity contribution is 0.206. The number of nitrogens with zero attached hydrogens (tertiary/aromatic N) is 2. The molecule has 1 unspecified atom stereocenters. The SMILES string of the molecule is CCCN1CCC(NC(=NC)NCC(CC)c2ccccc2)CC1. The van der Waals surface area contributed by atoms with Crippen LogP contribution in [0.4, 0.5) is 0 Å². The summed E-state index contributed by atoms with van der Waals surface area (Å²) in [6, 6.07) is 11.3. The van der Waals surface area contributed by atoms with Crippen molar-refractivity contribution < 1.29 is 0 Å². The van der Waals surface area contributed by atoms with Gasteiger partial charge in [0.25, 0.3) is 0 Å². The van der Waals surface area contributed by atoms with E-state index in [2.05, 4.69) is 64.7 Å². The van der Waals surface area contributed by atoms with Gasteiger partial charge in [-0.1, -0.05) is 44.2 Å². The normalized spacial score (nSPS) is 18.4. The predicted molar refractivity (Wildman–Crippen MR) is 104 cm³/mol. The maximum atomic E-state index is 4.42. The summed E-state index contributed by atoms with van der Waals surface area (Å²) in [6.45, 7) is 9.06. The van der Waals surface area contributed by atoms with Gasteiger partial charge in [-0.05, 0) is 37.8 Å². The van der Waals surface area contributed by atoms with Crippen LogP contribution in [0.5, 0.6) is 0 Å². The maximum Gasteiger partial charge on any atom is 0.191 e. The first-order valence-electron chi connectivity index (χ1n) is 9.51. The summed E-state index contributed by atoms with van der Waals surface area (Å²) in [5.41, 5.74) is 1.40. The van der Waals surface area contributed by atoms with Gasteiger partial charge in [0.2, 0.25) is 0 Å². The molecule has 1 aromatic carbocycles. The third-order valence-corrected chi connectivity index (χ3v) is 4.97. The number of nitrogens with one attached hydrogen (secondary N) is 2. The summed E-state index contributed by atoms with van der Waals surface area (Å²) in [5.74, 6) is 1.47. The summed E-state index contributed by atoms with van der Waals surface area (Å²) < 4.78 is 0. The van der Waals surface area contributed by atoms with Crippen molar-refractivity contribution in [1.29, 1.82) is 0 Å². The predicted octanol–water partition coefficient (Wildman–Crippen LogP) is 3.22. The van der Waals surface area contributed by atoms with Crippen LogP contribution in [0.2, 0.25) is 0 Å². The van der Waals surface area contributed by atoms with Gasteiger partial charge in [-0.15, -0.1) is 0 Å². The summed E-state index contributed by atoms with van der Waals surface area (Å²) in [4.78, 5) is 6.98. The lowest BCUT2D eigenvalue weighted by Crippen LogP contribution is -2.49. The number of benzene rings is 1. The van der Waals surface area contributed by atoms with Crippen molar-refractivity contribution in [2.75, 3.05) is 33.2 Å². The smallest absolute Gasteiger partial charge is 0.191 e. The molecule has 1 aliphatic rings. The minimum absolute atomic E-state index is 0.524. The van der Waals surface area contributed by atoms with Crippen molar-refractivity contribution in [3.05, 3.63) is 35.9 Å². The molecule has 0 aromatic heterocycles. The van der Waals surface area contributed by atoms with Crippen LogP contribution >= 0.6 is 0 Å². The van der Waals surface area contributed by atoms with Crippen LogP contribution in [0.25, 0.3) is 0 Å². The zero-order valence-corrected chi connectivity index (χ0v) is 15.6. The van der Waals surface area contributed by atoms with Gasteiger partial charge in [0.1, 0.15) is 0 Å². The molecule has 1 aromatic rings. The Morgan fingerprint density at radius 2 is 1.92 bits per heavy atom. The molecule has 0 spiro atoms. The van der Waals surface area contributed by atoms with E-state index in [1.807, 2.05) is 7.05 Å². The van der Waals surface area contributed by atoms with E-state index >= 15 is 0 Å². The Hall–Kier alpha value is -1.55. The second-order valence-corrected chi connectivity index (χ2v) is 6.73. The highest BCUT2D eigenvalue weighted by Gasteiger charge is 2.19. The Bertz CT molecular complexity index is 478. The van der Waals surface area contributed by atoms with Crippen LogP contribution in [0.15, 0.2) is 35.3 Å². The number of piperidine rings is 1. The summed E-state index contributed by atoms with van der Waals surface area (Å²) in [7, 11) is 1.87. The Kier molecular flexibility index (Phi) is 8.10. The molecule has 1 heterocycles. The van der Waals surface area contributed by atoms with Crippen molar-refractivity contribution >= 4 is 5.96 Å². The number of guanidine groups is 1. The molecule has 0 saturated carbocycles. The third-order valence-electron chi connectivity index (χ3n) is 4.97. The summed E-state index contributed by atoms with van der Waals surface area (Å²) >= 11 is 0. The van der Waals surface area contributed by atoms with Crippen molar-refractivity contribution in [3.63, 3.8) is 0 Å². The number of hydrogen-bond acceptors (Lipinski definition) is 2. The van der Waals surface area contributed by atoms with E-state index in [1.54, 1.807) is 0 Å². The highest BCUT2D eigenvalue weighted by atomic mass is 15.2. The lowest BCUT2D eigenvalue weighted by atomic mass is 9.96. The Balaban J connectivity index is 1.78. The van der Waals surface area contributed by atoms with Crippen LogP contribution in [0.3, 0.4) is 0 Å². The van der Waals surface area contributed by atoms with E-state index in [0.717, 1.165) is 18.9 Å². The molecular weight excluding hydrogens is 296 g/mol. The fourth-order valence-electron chi connectivity index (χ4n) is 3.45. The molecule has 1 saturated heterocycles. The molecule has 4 nitrogen and oxygen atoms in total. The van der Waals surface area contributed by atoms with E-state index in [9.17, 15) is 0 Å². The van der Waals surface area contributed by atoms with Gasteiger partial charge in [0.15, 0.2) is 5.96 Å². The summed E-state index contributed by atoms with van der Waals surface area (Å²) in [5, 5.41) is 7.14. The van der Waals surface area contributed by atoms with Gasteiger partial charge in [-0.25, -0.2) is 0 Å². The van der Waals surface area contributed by atoms with E-state index in [-0.39, 0.29) is 0 Å². The van der Waals surface area contributed by atoms with Crippen molar-refractivity contribution in [2.24, 2.45) is 4.99 Å². The van der Waals surface area contributed by atoms with Crippen molar-refractivity contribution in [3.8, 4) is 0 Å². The molecule has 1 atom stereocenters. The van der Waals surface area contributed by atoms with E-state index in [4.69, 9.17) is 0 Å². The zero-order valence-electron chi connectivity index (χ0n) is 15.6. The van der Waals surface area contributed by atoms with Crippen molar-refractivity contribution in [1.82, 2.24) is 15.5 Å². The fourth-order valence-corrected chi connectivity index (χ4v) is 3.45. The van der Waals surface area contributed by atoms with Gasteiger partial charge < -0.3 is 15.5 Å². The first-order valence-corrected chi connectivity index (χ1v) is 9.51. The molecular formula is C20H34N4. The molecule has 0 amide bonds. The minimum atomic E-state index is 0.524.